The van der Waals surface area contributed by atoms with E-state index in [4.69, 9.17) is 11.6 Å². The van der Waals surface area contributed by atoms with E-state index in [-0.39, 0.29) is 5.91 Å². The third-order valence-electron chi connectivity index (χ3n) is 3.12. The Kier molecular flexibility index (Phi) is 4.91. The topological polar surface area (TPSA) is 49.3 Å². The lowest BCUT2D eigenvalue weighted by molar-refractivity contribution is 0.0765. The minimum atomic E-state index is 0.0650. The summed E-state index contributed by atoms with van der Waals surface area (Å²) in [5, 5.41) is 3.89. The molecule has 1 aromatic rings. The van der Waals surface area contributed by atoms with Crippen LogP contribution in [0.25, 0.3) is 0 Å². The summed E-state index contributed by atoms with van der Waals surface area (Å²) in [6, 6.07) is 0. The molecule has 1 fully saturated rings. The maximum Gasteiger partial charge on any atom is 0.267 e. The van der Waals surface area contributed by atoms with Crippen LogP contribution in [0.4, 0.5) is 0 Å². The van der Waals surface area contributed by atoms with Gasteiger partial charge in [-0.1, -0.05) is 4.49 Å². The van der Waals surface area contributed by atoms with E-state index in [1.54, 1.807) is 0 Å². The number of alkyl halides is 1. The lowest BCUT2D eigenvalue weighted by Crippen LogP contribution is -2.35. The van der Waals surface area contributed by atoms with Crippen LogP contribution in [0.15, 0.2) is 0 Å². The smallest absolute Gasteiger partial charge is 0.267 e. The summed E-state index contributed by atoms with van der Waals surface area (Å²) in [4.78, 5) is 17.2. The van der Waals surface area contributed by atoms with Gasteiger partial charge >= 0.3 is 0 Å². The van der Waals surface area contributed by atoms with Gasteiger partial charge in [-0.25, -0.2) is 0 Å². The molecule has 0 spiro atoms. The molecule has 0 aliphatic carbocycles. The number of nitrogens with zero attached hydrogens (tertiary/aromatic N) is 4. The predicted octanol–water partition coefficient (Wildman–Crippen LogP) is 1.23. The van der Waals surface area contributed by atoms with Crippen molar-refractivity contribution < 1.29 is 4.79 Å². The first-order valence-corrected chi connectivity index (χ1v) is 7.39. The highest BCUT2D eigenvalue weighted by Crippen LogP contribution is 2.14. The molecule has 0 unspecified atom stereocenters. The summed E-state index contributed by atoms with van der Waals surface area (Å²) in [6.07, 6.45) is 0.994. The lowest BCUT2D eigenvalue weighted by atomic mass is 10.3. The minimum Gasteiger partial charge on any atom is -0.337 e. The van der Waals surface area contributed by atoms with Gasteiger partial charge in [0.05, 0.1) is 5.69 Å². The zero-order valence-corrected chi connectivity index (χ0v) is 12.0. The molecule has 0 aromatic carbocycles. The number of amides is 1. The number of carbonyl (C=O) groups excluding carboxylic acids is 1. The molecule has 0 atom stereocenters. The third-order valence-corrected chi connectivity index (χ3v) is 4.11. The van der Waals surface area contributed by atoms with Crippen molar-refractivity contribution in [3.63, 3.8) is 0 Å². The first kappa shape index (κ1) is 13.7. The number of halogens is 1. The summed E-state index contributed by atoms with van der Waals surface area (Å²) >= 11 is 6.93. The van der Waals surface area contributed by atoms with Crippen LogP contribution >= 0.6 is 23.1 Å². The van der Waals surface area contributed by atoms with Gasteiger partial charge in [0.2, 0.25) is 0 Å². The lowest BCUT2D eigenvalue weighted by Gasteiger charge is -2.20. The summed E-state index contributed by atoms with van der Waals surface area (Å²) in [6.45, 7) is 6.18. The molecule has 0 bridgehead atoms. The molecule has 5 nitrogen and oxygen atoms in total. The molecule has 0 radical (unpaired) electrons. The Morgan fingerprint density at radius 3 is 2.89 bits per heavy atom. The second-order valence-electron chi connectivity index (χ2n) is 4.36. The van der Waals surface area contributed by atoms with Crippen LogP contribution in [0.2, 0.25) is 0 Å². The van der Waals surface area contributed by atoms with Crippen molar-refractivity contribution in [1.82, 2.24) is 19.4 Å². The van der Waals surface area contributed by atoms with Crippen molar-refractivity contribution in [2.75, 3.05) is 38.6 Å². The van der Waals surface area contributed by atoms with E-state index < -0.39 is 0 Å². The maximum absolute atomic E-state index is 12.3. The van der Waals surface area contributed by atoms with E-state index >= 15 is 0 Å². The van der Waals surface area contributed by atoms with Gasteiger partial charge in [0.15, 0.2) is 0 Å². The Morgan fingerprint density at radius 2 is 2.22 bits per heavy atom. The van der Waals surface area contributed by atoms with Crippen LogP contribution < -0.4 is 0 Å². The van der Waals surface area contributed by atoms with E-state index in [1.165, 1.54) is 11.5 Å². The monoisotopic (exact) mass is 288 g/mol. The average Bonchev–Trinajstić information content (AvgIpc) is 2.64. The van der Waals surface area contributed by atoms with Crippen molar-refractivity contribution in [2.45, 2.75) is 13.3 Å². The Bertz CT molecular complexity index is 412. The zero-order chi connectivity index (χ0) is 13.0. The van der Waals surface area contributed by atoms with Crippen LogP contribution in [0.1, 0.15) is 21.8 Å². The number of aromatic nitrogens is 2. The van der Waals surface area contributed by atoms with Crippen LogP contribution in [0, 0.1) is 6.92 Å². The summed E-state index contributed by atoms with van der Waals surface area (Å²) < 4.78 is 3.82. The van der Waals surface area contributed by atoms with Gasteiger partial charge in [0.1, 0.15) is 4.88 Å². The Balaban J connectivity index is 1.98. The highest BCUT2D eigenvalue weighted by Gasteiger charge is 2.23. The predicted molar refractivity (Wildman–Crippen MR) is 72.3 cm³/mol. The molecule has 1 aromatic heterocycles. The normalized spacial score (nSPS) is 17.8. The molecule has 100 valence electrons. The molecule has 0 N–H and O–H groups in total. The van der Waals surface area contributed by atoms with Crippen LogP contribution in [0.5, 0.6) is 0 Å². The Labute approximate surface area is 116 Å². The molecule has 2 rings (SSSR count). The second kappa shape index (κ2) is 6.45. The first-order chi connectivity index (χ1) is 8.72. The number of hydrogen-bond acceptors (Lipinski definition) is 5. The Morgan fingerprint density at radius 1 is 1.39 bits per heavy atom. The van der Waals surface area contributed by atoms with Gasteiger partial charge in [0.25, 0.3) is 5.91 Å². The van der Waals surface area contributed by atoms with Crippen molar-refractivity contribution in [3.8, 4) is 0 Å². The zero-order valence-electron chi connectivity index (χ0n) is 10.4. The highest BCUT2D eigenvalue weighted by atomic mass is 35.5. The fourth-order valence-electron chi connectivity index (χ4n) is 2.09. The molecule has 1 amide bonds. The molecular weight excluding hydrogens is 272 g/mol. The third kappa shape index (κ3) is 3.18. The molecule has 1 aliphatic heterocycles. The van der Waals surface area contributed by atoms with Crippen molar-refractivity contribution in [3.05, 3.63) is 10.6 Å². The Hall–Kier alpha value is -0.720. The second-order valence-corrected chi connectivity index (χ2v) is 5.50. The van der Waals surface area contributed by atoms with E-state index in [9.17, 15) is 4.79 Å². The minimum absolute atomic E-state index is 0.0650. The number of hydrogen-bond donors (Lipinski definition) is 0. The van der Waals surface area contributed by atoms with Gasteiger partial charge in [-0.3, -0.25) is 4.79 Å². The molecule has 0 saturated carbocycles. The summed E-state index contributed by atoms with van der Waals surface area (Å²) in [5.74, 6) is 0.710. The summed E-state index contributed by atoms with van der Waals surface area (Å²) in [7, 11) is 0. The van der Waals surface area contributed by atoms with Crippen LogP contribution in [-0.2, 0) is 0 Å². The van der Waals surface area contributed by atoms with Gasteiger partial charge in [0, 0.05) is 32.1 Å². The summed E-state index contributed by atoms with van der Waals surface area (Å²) in [5.41, 5.74) is 0.729. The molecule has 1 aliphatic rings. The van der Waals surface area contributed by atoms with Gasteiger partial charge < -0.3 is 9.80 Å². The fourth-order valence-corrected chi connectivity index (χ4v) is 2.95. The highest BCUT2D eigenvalue weighted by molar-refractivity contribution is 7.07. The van der Waals surface area contributed by atoms with Gasteiger partial charge in [-0.2, -0.15) is 0 Å². The van der Waals surface area contributed by atoms with E-state index in [1.807, 2.05) is 11.8 Å². The maximum atomic E-state index is 12.3. The first-order valence-electron chi connectivity index (χ1n) is 6.09. The molecular formula is C11H17ClN4OS. The fraction of sp³-hybridized carbons (Fsp3) is 0.727. The number of rotatable bonds is 3. The number of carbonyl (C=O) groups is 1. The largest absolute Gasteiger partial charge is 0.337 e. The van der Waals surface area contributed by atoms with Gasteiger partial charge in [-0.15, -0.1) is 16.7 Å². The van der Waals surface area contributed by atoms with Gasteiger partial charge in [-0.05, 0) is 31.4 Å². The van der Waals surface area contributed by atoms with Crippen molar-refractivity contribution in [2.24, 2.45) is 0 Å². The van der Waals surface area contributed by atoms with E-state index in [2.05, 4.69) is 14.5 Å². The number of aryl methyl sites for hydroxylation is 1. The van der Waals surface area contributed by atoms with Crippen molar-refractivity contribution >= 4 is 29.0 Å². The molecule has 2 heterocycles. The average molecular weight is 289 g/mol. The SMILES string of the molecule is Cc1nnsc1C(=O)N1CCCN(CCCl)CC1. The van der Waals surface area contributed by atoms with Crippen LogP contribution in [-0.4, -0.2) is 63.9 Å². The quantitative estimate of drug-likeness (QED) is 0.785. The molecule has 7 heteroatoms. The molecule has 1 saturated heterocycles. The standard InChI is InChI=1S/C11H17ClN4OS/c1-9-10(18-14-13-9)11(17)16-5-2-4-15(6-3-12)7-8-16/h2-8H2,1H3. The van der Waals surface area contributed by atoms with E-state index in [0.29, 0.717) is 10.8 Å². The van der Waals surface area contributed by atoms with Crippen molar-refractivity contribution in [1.29, 1.82) is 0 Å². The van der Waals surface area contributed by atoms with E-state index in [0.717, 1.165) is 44.8 Å². The van der Waals surface area contributed by atoms with Crippen LogP contribution in [0.3, 0.4) is 0 Å². The molecule has 18 heavy (non-hydrogen) atoms.